The van der Waals surface area contributed by atoms with Gasteiger partial charge in [0.1, 0.15) is 17.0 Å². The molecule has 2 aromatic rings. The second-order valence-electron chi connectivity index (χ2n) is 3.70. The second kappa shape index (κ2) is 5.35. The molecular weight excluding hydrogens is 238 g/mol. The van der Waals surface area contributed by atoms with Crippen molar-refractivity contribution in [2.24, 2.45) is 5.73 Å². The van der Waals surface area contributed by atoms with Gasteiger partial charge in [0.15, 0.2) is 5.82 Å². The molecule has 0 radical (unpaired) electrons. The fraction of sp³-hybridized carbons (Fsp3) is 0.500. The van der Waals surface area contributed by atoms with Crippen molar-refractivity contribution in [3.05, 3.63) is 16.7 Å². The molecule has 92 valence electrons. The minimum Gasteiger partial charge on any atom is -0.383 e. The Hall–Kier alpha value is -1.31. The molecule has 1 atom stereocenters. The summed E-state index contributed by atoms with van der Waals surface area (Å²) in [5.41, 5.74) is 6.60. The number of aromatic nitrogens is 4. The molecule has 0 saturated carbocycles. The molecule has 6 nitrogen and oxygen atoms in total. The first-order chi connectivity index (χ1) is 8.22. The Labute approximate surface area is 103 Å². The predicted molar refractivity (Wildman–Crippen MR) is 65.6 cm³/mol. The fourth-order valence-electron chi connectivity index (χ4n) is 1.41. The molecule has 2 N–H and O–H groups in total. The lowest BCUT2D eigenvalue weighted by atomic mass is 10.4. The Morgan fingerprint density at radius 1 is 1.59 bits per heavy atom. The van der Waals surface area contributed by atoms with Crippen molar-refractivity contribution < 1.29 is 4.74 Å². The highest BCUT2D eigenvalue weighted by Crippen LogP contribution is 2.22. The van der Waals surface area contributed by atoms with Crippen LogP contribution in [0.3, 0.4) is 0 Å². The lowest BCUT2D eigenvalue weighted by Gasteiger charge is -2.03. The molecule has 17 heavy (non-hydrogen) atoms. The fourth-order valence-corrected chi connectivity index (χ4v) is 2.16. The molecule has 0 saturated heterocycles. The number of hydrogen-bond acceptors (Lipinski definition) is 6. The quantitative estimate of drug-likeness (QED) is 0.862. The first-order valence-corrected chi connectivity index (χ1v) is 6.18. The maximum Gasteiger partial charge on any atom is 0.183 e. The molecule has 0 spiro atoms. The zero-order valence-corrected chi connectivity index (χ0v) is 10.6. The Morgan fingerprint density at radius 3 is 3.06 bits per heavy atom. The lowest BCUT2D eigenvalue weighted by molar-refractivity contribution is 0.187. The van der Waals surface area contributed by atoms with Crippen molar-refractivity contribution >= 4 is 11.3 Å². The highest BCUT2D eigenvalue weighted by Gasteiger charge is 2.12. The van der Waals surface area contributed by atoms with E-state index in [0.29, 0.717) is 13.2 Å². The summed E-state index contributed by atoms with van der Waals surface area (Å²) in [5, 5.41) is 10.8. The van der Waals surface area contributed by atoms with Gasteiger partial charge >= 0.3 is 0 Å². The minimum absolute atomic E-state index is 0.0518. The Bertz CT molecular complexity index is 479. The van der Waals surface area contributed by atoms with Crippen LogP contribution in [-0.2, 0) is 11.3 Å². The van der Waals surface area contributed by atoms with E-state index in [2.05, 4.69) is 15.2 Å². The maximum absolute atomic E-state index is 5.78. The third-order valence-electron chi connectivity index (χ3n) is 2.29. The third kappa shape index (κ3) is 2.68. The highest BCUT2D eigenvalue weighted by molar-refractivity contribution is 7.10. The number of hydrogen-bond donors (Lipinski definition) is 1. The summed E-state index contributed by atoms with van der Waals surface area (Å²) in [4.78, 5) is 4.45. The molecule has 0 aliphatic heterocycles. The molecule has 2 rings (SSSR count). The van der Waals surface area contributed by atoms with E-state index >= 15 is 0 Å². The summed E-state index contributed by atoms with van der Waals surface area (Å²) >= 11 is 1.54. The van der Waals surface area contributed by atoms with Gasteiger partial charge in [-0.2, -0.15) is 0 Å². The van der Waals surface area contributed by atoms with Crippen LogP contribution < -0.4 is 5.73 Å². The van der Waals surface area contributed by atoms with Gasteiger partial charge in [-0.05, 0) is 6.92 Å². The summed E-state index contributed by atoms with van der Waals surface area (Å²) in [6.07, 6.45) is 1.68. The number of nitrogens with zero attached hydrogens (tertiary/aromatic N) is 4. The van der Waals surface area contributed by atoms with E-state index in [4.69, 9.17) is 10.5 Å². The standard InChI is InChI=1S/C10H15N5OS/c1-7(11)10-13-8(5-17-10)9-14-12-6-15(9)3-4-16-2/h5-7H,3-4,11H2,1-2H3. The largest absolute Gasteiger partial charge is 0.383 e. The van der Waals surface area contributed by atoms with Crippen LogP contribution in [0.4, 0.5) is 0 Å². The van der Waals surface area contributed by atoms with Crippen LogP contribution in [0.25, 0.3) is 11.5 Å². The van der Waals surface area contributed by atoms with E-state index in [9.17, 15) is 0 Å². The summed E-state index contributed by atoms with van der Waals surface area (Å²) in [6.45, 7) is 3.25. The predicted octanol–water partition coefficient (Wildman–Crippen LogP) is 1.07. The molecule has 2 heterocycles. The first kappa shape index (κ1) is 12.2. The number of methoxy groups -OCH3 is 1. The van der Waals surface area contributed by atoms with E-state index in [1.165, 1.54) is 11.3 Å². The topological polar surface area (TPSA) is 78.8 Å². The van der Waals surface area contributed by atoms with Crippen LogP contribution in [0.1, 0.15) is 18.0 Å². The van der Waals surface area contributed by atoms with E-state index in [0.717, 1.165) is 16.5 Å². The minimum atomic E-state index is -0.0518. The molecule has 7 heteroatoms. The summed E-state index contributed by atoms with van der Waals surface area (Å²) in [7, 11) is 1.67. The van der Waals surface area contributed by atoms with E-state index in [-0.39, 0.29) is 6.04 Å². The van der Waals surface area contributed by atoms with Gasteiger partial charge in [0.05, 0.1) is 12.6 Å². The van der Waals surface area contributed by atoms with Crippen molar-refractivity contribution in [3.63, 3.8) is 0 Å². The number of nitrogens with two attached hydrogens (primary N) is 1. The van der Waals surface area contributed by atoms with Gasteiger partial charge in [-0.1, -0.05) is 0 Å². The smallest absolute Gasteiger partial charge is 0.183 e. The van der Waals surface area contributed by atoms with Gasteiger partial charge < -0.3 is 15.0 Å². The zero-order chi connectivity index (χ0) is 12.3. The van der Waals surface area contributed by atoms with Crippen LogP contribution in [0.15, 0.2) is 11.7 Å². The normalized spacial score (nSPS) is 12.9. The van der Waals surface area contributed by atoms with Crippen molar-refractivity contribution in [2.75, 3.05) is 13.7 Å². The summed E-state index contributed by atoms with van der Waals surface area (Å²) < 4.78 is 6.96. The third-order valence-corrected chi connectivity index (χ3v) is 3.34. The highest BCUT2D eigenvalue weighted by atomic mass is 32.1. The van der Waals surface area contributed by atoms with Crippen molar-refractivity contribution in [2.45, 2.75) is 19.5 Å². The molecule has 0 amide bonds. The maximum atomic E-state index is 5.78. The van der Waals surface area contributed by atoms with Gasteiger partial charge in [0.25, 0.3) is 0 Å². The Morgan fingerprint density at radius 2 is 2.41 bits per heavy atom. The van der Waals surface area contributed by atoms with Gasteiger partial charge in [-0.25, -0.2) is 4.98 Å². The van der Waals surface area contributed by atoms with Crippen LogP contribution in [0, 0.1) is 0 Å². The average Bonchev–Trinajstić information content (AvgIpc) is 2.94. The van der Waals surface area contributed by atoms with E-state index in [1.807, 2.05) is 16.9 Å². The molecular formula is C10H15N5OS. The van der Waals surface area contributed by atoms with E-state index in [1.54, 1.807) is 13.4 Å². The summed E-state index contributed by atoms with van der Waals surface area (Å²) in [6, 6.07) is -0.0518. The Kier molecular flexibility index (Phi) is 3.82. The average molecular weight is 253 g/mol. The summed E-state index contributed by atoms with van der Waals surface area (Å²) in [5.74, 6) is 0.755. The zero-order valence-electron chi connectivity index (χ0n) is 9.83. The monoisotopic (exact) mass is 253 g/mol. The molecule has 0 bridgehead atoms. The second-order valence-corrected chi connectivity index (χ2v) is 4.59. The molecule has 0 aliphatic rings. The van der Waals surface area contributed by atoms with Gasteiger partial charge in [0, 0.05) is 19.0 Å². The molecule has 0 fully saturated rings. The number of thiazole rings is 1. The Balaban J connectivity index is 2.23. The van der Waals surface area contributed by atoms with Crippen LogP contribution in [0.2, 0.25) is 0 Å². The first-order valence-electron chi connectivity index (χ1n) is 5.30. The van der Waals surface area contributed by atoms with Crippen molar-refractivity contribution in [1.29, 1.82) is 0 Å². The number of ether oxygens (including phenoxy) is 1. The van der Waals surface area contributed by atoms with Crippen LogP contribution in [0.5, 0.6) is 0 Å². The number of rotatable bonds is 5. The molecule has 0 aliphatic carbocycles. The van der Waals surface area contributed by atoms with Crippen molar-refractivity contribution in [3.8, 4) is 11.5 Å². The SMILES string of the molecule is COCCn1cnnc1-c1csc(C(C)N)n1. The lowest BCUT2D eigenvalue weighted by Crippen LogP contribution is -2.06. The van der Waals surface area contributed by atoms with Gasteiger partial charge in [-0.15, -0.1) is 21.5 Å². The van der Waals surface area contributed by atoms with Crippen LogP contribution >= 0.6 is 11.3 Å². The van der Waals surface area contributed by atoms with Crippen molar-refractivity contribution in [1.82, 2.24) is 19.7 Å². The van der Waals surface area contributed by atoms with Gasteiger partial charge in [-0.3, -0.25) is 0 Å². The molecule has 1 unspecified atom stereocenters. The van der Waals surface area contributed by atoms with Gasteiger partial charge in [0.2, 0.25) is 0 Å². The molecule has 0 aromatic carbocycles. The van der Waals surface area contributed by atoms with E-state index < -0.39 is 0 Å². The molecule has 2 aromatic heterocycles. The van der Waals surface area contributed by atoms with Crippen LogP contribution in [-0.4, -0.2) is 33.5 Å².